The van der Waals surface area contributed by atoms with Crippen LogP contribution in [-0.2, 0) is 0 Å². The molecule has 10 nitrogen and oxygen atoms in total. The predicted molar refractivity (Wildman–Crippen MR) is 152 cm³/mol. The number of aliphatic hydroxyl groups excluding tert-OH is 2. The van der Waals surface area contributed by atoms with Gasteiger partial charge in [-0.05, 0) is 66.7 Å². The van der Waals surface area contributed by atoms with E-state index in [2.05, 4.69) is 25.9 Å². The Kier molecular flexibility index (Phi) is 9.80. The zero-order valence-corrected chi connectivity index (χ0v) is 21.9. The number of hydrogen-bond donors (Lipinski definition) is 6. The number of amides is 2. The molecule has 4 aromatic rings. The third kappa shape index (κ3) is 7.31. The highest BCUT2D eigenvalue weighted by Crippen LogP contribution is 2.20. The first-order valence-corrected chi connectivity index (χ1v) is 12.3. The summed E-state index contributed by atoms with van der Waals surface area (Å²) < 4.78 is 0. The number of aromatic amines is 1. The van der Waals surface area contributed by atoms with Crippen molar-refractivity contribution in [1.82, 2.24) is 9.97 Å². The summed E-state index contributed by atoms with van der Waals surface area (Å²) in [5.74, 6) is -0.0761. The zero-order valence-electron chi connectivity index (χ0n) is 21.9. The molecule has 0 saturated carbocycles. The maximum absolute atomic E-state index is 12.7. The number of hydrogen-bond acceptors (Lipinski definition) is 7. The summed E-state index contributed by atoms with van der Waals surface area (Å²) in [7, 11) is 3.87. The van der Waals surface area contributed by atoms with Gasteiger partial charge in [-0.15, -0.1) is 0 Å². The van der Waals surface area contributed by atoms with Crippen LogP contribution in [0.15, 0.2) is 66.7 Å². The largest absolute Gasteiger partial charge is 0.394 e. The van der Waals surface area contributed by atoms with Gasteiger partial charge in [0.15, 0.2) is 0 Å². The van der Waals surface area contributed by atoms with Crippen molar-refractivity contribution >= 4 is 45.9 Å². The molecule has 1 unspecified atom stereocenters. The molecule has 0 fully saturated rings. The molecule has 0 saturated heterocycles. The summed E-state index contributed by atoms with van der Waals surface area (Å²) >= 11 is 0. The van der Waals surface area contributed by atoms with Crippen molar-refractivity contribution in [2.24, 2.45) is 0 Å². The Bertz CT molecular complexity index is 1350. The number of H-pyrrole nitrogens is 1. The number of aromatic nitrogens is 2. The number of imidazole rings is 1. The number of nitrogens with one attached hydrogen (secondary N) is 4. The molecule has 10 heteroatoms. The van der Waals surface area contributed by atoms with Crippen LogP contribution in [0.4, 0.5) is 23.0 Å². The van der Waals surface area contributed by atoms with E-state index in [1.165, 1.54) is 0 Å². The molecule has 0 aliphatic heterocycles. The summed E-state index contributed by atoms with van der Waals surface area (Å²) in [6, 6.07) is 19.2. The smallest absolute Gasteiger partial charge is 0.255 e. The number of carbonyl (C=O) groups excluding carboxylic acids is 2. The lowest BCUT2D eigenvalue weighted by Gasteiger charge is -2.12. The van der Waals surface area contributed by atoms with Crippen LogP contribution in [0.1, 0.15) is 34.6 Å². The summed E-state index contributed by atoms with van der Waals surface area (Å²) in [6.45, 7) is 3.81. The fraction of sp³-hybridized carbons (Fsp3) is 0.250. The van der Waals surface area contributed by atoms with Crippen LogP contribution in [0.3, 0.4) is 0 Å². The lowest BCUT2D eigenvalue weighted by Crippen LogP contribution is -2.23. The fourth-order valence-corrected chi connectivity index (χ4v) is 3.47. The van der Waals surface area contributed by atoms with Gasteiger partial charge in [0.2, 0.25) is 5.95 Å². The molecule has 1 heterocycles. The van der Waals surface area contributed by atoms with E-state index < -0.39 is 6.10 Å². The monoisotopic (exact) mass is 518 g/mol. The van der Waals surface area contributed by atoms with Gasteiger partial charge in [0, 0.05) is 48.8 Å². The maximum atomic E-state index is 12.7. The fourth-order valence-electron chi connectivity index (χ4n) is 3.47. The van der Waals surface area contributed by atoms with Crippen LogP contribution >= 0.6 is 0 Å². The molecule has 6 N–H and O–H groups in total. The van der Waals surface area contributed by atoms with Crippen molar-refractivity contribution in [2.75, 3.05) is 48.1 Å². The molecule has 0 spiro atoms. The third-order valence-corrected chi connectivity index (χ3v) is 5.51. The Morgan fingerprint density at radius 2 is 1.45 bits per heavy atom. The average molecular weight is 519 g/mol. The van der Waals surface area contributed by atoms with E-state index in [0.29, 0.717) is 39.5 Å². The van der Waals surface area contributed by atoms with Gasteiger partial charge in [-0.2, -0.15) is 0 Å². The average Bonchev–Trinajstić information content (AvgIpc) is 3.35. The number of anilines is 4. The topological polar surface area (TPSA) is 143 Å². The summed E-state index contributed by atoms with van der Waals surface area (Å²) in [6.07, 6.45) is -0.887. The highest BCUT2D eigenvalue weighted by molar-refractivity contribution is 6.06. The van der Waals surface area contributed by atoms with Gasteiger partial charge >= 0.3 is 0 Å². The van der Waals surface area contributed by atoms with Gasteiger partial charge < -0.3 is 36.0 Å². The zero-order chi connectivity index (χ0) is 27.7. The van der Waals surface area contributed by atoms with Gasteiger partial charge in [0.25, 0.3) is 11.8 Å². The Morgan fingerprint density at radius 3 is 2.03 bits per heavy atom. The van der Waals surface area contributed by atoms with E-state index in [0.717, 1.165) is 5.69 Å². The second-order valence-electron chi connectivity index (χ2n) is 8.46. The van der Waals surface area contributed by atoms with E-state index in [-0.39, 0.29) is 25.0 Å². The molecule has 1 aromatic heterocycles. The van der Waals surface area contributed by atoms with E-state index in [9.17, 15) is 14.7 Å². The maximum Gasteiger partial charge on any atom is 0.255 e. The van der Waals surface area contributed by atoms with Crippen LogP contribution in [0.5, 0.6) is 0 Å². The lowest BCUT2D eigenvalue weighted by atomic mass is 10.1. The molecule has 0 aliphatic carbocycles. The molecular formula is C28H34N6O4. The first kappa shape index (κ1) is 28.2. The number of rotatable bonds is 9. The molecule has 4 rings (SSSR count). The lowest BCUT2D eigenvalue weighted by molar-refractivity contribution is 0.102. The molecule has 0 radical (unpaired) electrons. The second kappa shape index (κ2) is 13.2. The van der Waals surface area contributed by atoms with E-state index in [1.807, 2.05) is 45.0 Å². The van der Waals surface area contributed by atoms with Crippen molar-refractivity contribution in [3.8, 4) is 0 Å². The first-order valence-electron chi connectivity index (χ1n) is 12.3. The Balaban J connectivity index is 0.00000195. The van der Waals surface area contributed by atoms with Crippen molar-refractivity contribution < 1.29 is 19.8 Å². The molecular weight excluding hydrogens is 484 g/mol. The van der Waals surface area contributed by atoms with Crippen molar-refractivity contribution in [3.05, 3.63) is 77.9 Å². The number of carbonyl (C=O) groups is 2. The normalized spacial score (nSPS) is 11.2. The van der Waals surface area contributed by atoms with Crippen LogP contribution in [0.2, 0.25) is 0 Å². The van der Waals surface area contributed by atoms with Crippen LogP contribution in [0, 0.1) is 0 Å². The van der Waals surface area contributed by atoms with Gasteiger partial charge in [-0.25, -0.2) is 4.98 Å². The Hall–Kier alpha value is -4.41. The van der Waals surface area contributed by atoms with Gasteiger partial charge in [0.05, 0.1) is 23.7 Å². The van der Waals surface area contributed by atoms with Crippen LogP contribution < -0.4 is 20.9 Å². The van der Waals surface area contributed by atoms with Gasteiger partial charge in [-0.1, -0.05) is 13.8 Å². The van der Waals surface area contributed by atoms with Crippen LogP contribution in [-0.4, -0.2) is 65.3 Å². The molecule has 1 atom stereocenters. The highest BCUT2D eigenvalue weighted by atomic mass is 16.3. The van der Waals surface area contributed by atoms with Crippen molar-refractivity contribution in [3.63, 3.8) is 0 Å². The Labute approximate surface area is 221 Å². The third-order valence-electron chi connectivity index (χ3n) is 5.51. The van der Waals surface area contributed by atoms with E-state index in [4.69, 9.17) is 5.11 Å². The van der Waals surface area contributed by atoms with Gasteiger partial charge in [0.1, 0.15) is 0 Å². The molecule has 3 aromatic carbocycles. The first-order chi connectivity index (χ1) is 18.3. The summed E-state index contributed by atoms with van der Waals surface area (Å²) in [5, 5.41) is 27.0. The van der Waals surface area contributed by atoms with Crippen molar-refractivity contribution in [1.29, 1.82) is 0 Å². The molecule has 38 heavy (non-hydrogen) atoms. The SMILES string of the molecule is CC.CN(C)c1ccc(C(=O)Nc2ccc(C(=O)Nc3ccc4nc(NCC(O)CO)[nH]c4c3)cc2)cc1. The van der Waals surface area contributed by atoms with E-state index >= 15 is 0 Å². The van der Waals surface area contributed by atoms with Crippen LogP contribution in [0.25, 0.3) is 11.0 Å². The minimum atomic E-state index is -0.887. The molecule has 0 bridgehead atoms. The predicted octanol–water partition coefficient (Wildman–Crippen LogP) is 3.92. The van der Waals surface area contributed by atoms with Gasteiger partial charge in [-0.3, -0.25) is 9.59 Å². The number of benzene rings is 3. The number of aliphatic hydroxyl groups is 2. The highest BCUT2D eigenvalue weighted by Gasteiger charge is 2.11. The molecule has 0 aliphatic rings. The van der Waals surface area contributed by atoms with Crippen molar-refractivity contribution in [2.45, 2.75) is 20.0 Å². The Morgan fingerprint density at radius 1 is 0.895 bits per heavy atom. The molecule has 200 valence electrons. The quantitative estimate of drug-likeness (QED) is 0.197. The number of fused-ring (bicyclic) bond motifs is 1. The number of nitrogens with zero attached hydrogens (tertiary/aromatic N) is 2. The summed E-state index contributed by atoms with van der Waals surface area (Å²) in [5.41, 5.74) is 4.53. The molecule has 2 amide bonds. The van der Waals surface area contributed by atoms with E-state index in [1.54, 1.807) is 54.6 Å². The standard InChI is InChI=1S/C26H28N6O4.C2H6/c1-32(2)20-10-5-17(6-11-20)24(35)28-18-7-3-16(4-8-18)25(36)29-19-9-12-22-23(13-19)31-26(30-22)27-14-21(34)15-33;1-2/h3-13,21,33-34H,14-15H2,1-2H3,(H,28,35)(H,29,36)(H2,27,30,31);1-2H3. The minimum Gasteiger partial charge on any atom is -0.394 e. The minimum absolute atomic E-state index is 0.152. The second-order valence-corrected chi connectivity index (χ2v) is 8.46. The summed E-state index contributed by atoms with van der Waals surface area (Å²) in [4.78, 5) is 34.6.